The van der Waals surface area contributed by atoms with Gasteiger partial charge in [-0.25, -0.2) is 14.4 Å². The number of hydrogen-bond donors (Lipinski definition) is 5. The van der Waals surface area contributed by atoms with Crippen LogP contribution in [0.2, 0.25) is 0 Å². The SMILES string of the molecule is C=C1C(O)=C2C(C)(C)C(=O)C(C(=O)OC)=CC2(C)c2cc(OC)ccc21.C=C1C(O)=C2C(C)(C)C(=O)C(C(=O)OC)=C[C@@]2(C)c2cc(OC)ccc21.C=C1C(O)=C2C(C)(C)C(=O)C(C(=O)OC)=C[C@]2(C)c2cc(OC)ccc21.C=C1C(O)=C2[C@@](C)(Cc3ccccc3)C(=O)C=C[C@@]2(C)c2cc(OC)ccc21.C=C1C(O)=C2[C@](C)(Cc3ccccc3)C(=O)C=C[C@]2(C)c2cc(OC)ccc21. The predicted octanol–water partition coefficient (Wildman–Crippen LogP) is 20.9. The van der Waals surface area contributed by atoms with Gasteiger partial charge < -0.3 is 63.4 Å². The standard InChI is InChI=1S/2C25H24O3.3C21H22O5/c2*1-16-19-11-10-18(28-4)14-20(19)24(2)13-12-21(26)25(3,23(24)22(16)27)15-17-8-6-5-7-9-17;3*1-11-13-8-7-12(25-5)9-15(13)21(4)10-14(19(24)26-6)18(23)20(2,3)17(21)16(11)22/h2*5-14,27H,1,15H2,2-4H3;3*7-10,22H,1H2,2-6H3/t2*24-,25-;2*21-;/m1010./s1. The first-order valence-corrected chi connectivity index (χ1v) is 43.6. The summed E-state index contributed by atoms with van der Waals surface area (Å²) in [6.07, 6.45) is 12.9. The smallest absolute Gasteiger partial charge is 0.341 e. The number of allylic oxidation sites excluding steroid dienone is 17. The number of esters is 3. The van der Waals surface area contributed by atoms with E-state index in [-0.39, 0.29) is 74.4 Å². The van der Waals surface area contributed by atoms with E-state index in [0.717, 1.165) is 78.3 Å². The number of ketones is 5. The maximum atomic E-state index is 13.1. The number of aliphatic hydroxyl groups is 5. The Morgan fingerprint density at radius 1 is 0.291 bits per heavy atom. The monoisotopic (exact) mass is 1810 g/mol. The van der Waals surface area contributed by atoms with Crippen molar-refractivity contribution in [3.8, 4) is 28.7 Å². The van der Waals surface area contributed by atoms with Gasteiger partial charge in [0.15, 0.2) is 28.9 Å². The van der Waals surface area contributed by atoms with E-state index in [1.807, 2.05) is 180 Å². The molecule has 692 valence electrons. The Hall–Kier alpha value is -14.6. The largest absolute Gasteiger partial charge is 0.507 e. The number of benzene rings is 7. The number of ether oxygens (including phenoxy) is 8. The first-order chi connectivity index (χ1) is 62.9. The van der Waals surface area contributed by atoms with E-state index in [9.17, 15) is 63.9 Å². The van der Waals surface area contributed by atoms with Gasteiger partial charge in [-0.15, -0.1) is 0 Å². The Balaban J connectivity index is 0.000000142. The minimum atomic E-state index is -1.10. The number of methoxy groups -OCH3 is 8. The van der Waals surface area contributed by atoms with Gasteiger partial charge in [-0.2, -0.15) is 0 Å². The first kappa shape index (κ1) is 96.9. The zero-order valence-electron chi connectivity index (χ0n) is 79.7. The summed E-state index contributed by atoms with van der Waals surface area (Å²) in [6.45, 7) is 44.1. The van der Waals surface area contributed by atoms with E-state index in [4.69, 9.17) is 37.9 Å². The fourth-order valence-corrected chi connectivity index (χ4v) is 22.0. The molecule has 0 aliphatic heterocycles. The number of aliphatic hydroxyl groups excluding tert-OH is 5. The van der Waals surface area contributed by atoms with Gasteiger partial charge in [0.25, 0.3) is 0 Å². The molecule has 10 aliphatic rings. The van der Waals surface area contributed by atoms with E-state index < -0.39 is 72.1 Å². The van der Waals surface area contributed by atoms with Crippen LogP contribution in [0, 0.1) is 27.1 Å². The zero-order valence-corrected chi connectivity index (χ0v) is 79.7. The Bertz CT molecular complexity index is 6160. The Morgan fingerprint density at radius 2 is 0.500 bits per heavy atom. The molecular formula is C113H114O21. The number of fused-ring (bicyclic) bond motifs is 15. The number of carbonyl (C=O) groups is 8. The topological polar surface area (TPSA) is 312 Å². The molecule has 21 nitrogen and oxygen atoms in total. The van der Waals surface area contributed by atoms with E-state index in [2.05, 4.69) is 46.7 Å². The summed E-state index contributed by atoms with van der Waals surface area (Å²) in [6, 6.07) is 47.8. The molecule has 0 heterocycles. The van der Waals surface area contributed by atoms with Gasteiger partial charge in [-0.3, -0.25) is 24.0 Å². The van der Waals surface area contributed by atoms with Gasteiger partial charge in [-0.05, 0) is 259 Å². The lowest BCUT2D eigenvalue weighted by molar-refractivity contribution is -0.140. The molecule has 0 spiro atoms. The lowest BCUT2D eigenvalue weighted by Gasteiger charge is -2.47. The van der Waals surface area contributed by atoms with E-state index in [1.54, 1.807) is 126 Å². The number of Topliss-reactive ketones (excluding diaryl/α,β-unsaturated/α-hetero) is 3. The van der Waals surface area contributed by atoms with Crippen molar-refractivity contribution in [2.24, 2.45) is 27.1 Å². The quantitative estimate of drug-likeness (QED) is 0.0431. The lowest BCUT2D eigenvalue weighted by Crippen LogP contribution is -2.46. The van der Waals surface area contributed by atoms with Crippen LogP contribution < -0.4 is 23.7 Å². The van der Waals surface area contributed by atoms with Gasteiger partial charge in [0.1, 0.15) is 74.3 Å². The summed E-state index contributed by atoms with van der Waals surface area (Å²) in [5.74, 6) is 0.390. The van der Waals surface area contributed by atoms with Crippen LogP contribution in [0.4, 0.5) is 0 Å². The molecule has 7 aromatic rings. The third-order valence-electron chi connectivity index (χ3n) is 28.7. The van der Waals surface area contributed by atoms with Crippen LogP contribution in [0.5, 0.6) is 28.7 Å². The molecule has 0 radical (unpaired) electrons. The molecule has 7 aromatic carbocycles. The summed E-state index contributed by atoms with van der Waals surface area (Å²) < 4.78 is 41.3. The van der Waals surface area contributed by atoms with E-state index in [1.165, 1.54) is 21.3 Å². The highest BCUT2D eigenvalue weighted by Gasteiger charge is 2.60. The van der Waals surface area contributed by atoms with Gasteiger partial charge >= 0.3 is 17.9 Å². The van der Waals surface area contributed by atoms with Crippen LogP contribution in [0.15, 0.2) is 300 Å². The highest BCUT2D eigenvalue weighted by atomic mass is 16.5. The minimum Gasteiger partial charge on any atom is -0.507 e. The third-order valence-corrected chi connectivity index (χ3v) is 28.7. The summed E-state index contributed by atoms with van der Waals surface area (Å²) >= 11 is 0. The fourth-order valence-electron chi connectivity index (χ4n) is 22.0. The molecule has 134 heavy (non-hydrogen) atoms. The van der Waals surface area contributed by atoms with Crippen LogP contribution >= 0.6 is 0 Å². The van der Waals surface area contributed by atoms with Crippen molar-refractivity contribution in [3.05, 3.63) is 367 Å². The van der Waals surface area contributed by atoms with Crippen molar-refractivity contribution >= 4 is 74.7 Å². The van der Waals surface area contributed by atoms with Crippen molar-refractivity contribution in [3.63, 3.8) is 0 Å². The Morgan fingerprint density at radius 3 is 0.709 bits per heavy atom. The molecule has 5 N–H and O–H groups in total. The lowest BCUT2D eigenvalue weighted by atomic mass is 9.55. The minimum absolute atomic E-state index is 0.00507. The van der Waals surface area contributed by atoms with Gasteiger partial charge in [0.05, 0.1) is 84.0 Å². The second-order valence-electron chi connectivity index (χ2n) is 38.0. The molecule has 21 heteroatoms. The first-order valence-electron chi connectivity index (χ1n) is 43.6. The Labute approximate surface area is 781 Å². The molecular weight excluding hydrogens is 1690 g/mol. The molecule has 0 amide bonds. The molecule has 0 saturated heterocycles. The maximum Gasteiger partial charge on any atom is 0.341 e. The van der Waals surface area contributed by atoms with Gasteiger partial charge in [0.2, 0.25) is 0 Å². The molecule has 10 aliphatic carbocycles. The number of rotatable bonds is 12. The van der Waals surface area contributed by atoms with Crippen LogP contribution in [-0.4, -0.2) is 129 Å². The van der Waals surface area contributed by atoms with Crippen molar-refractivity contribution in [2.45, 2.75) is 130 Å². The van der Waals surface area contributed by atoms with Gasteiger partial charge in [-0.1, -0.05) is 154 Å². The summed E-state index contributed by atoms with van der Waals surface area (Å²) in [7, 11) is 11.7. The van der Waals surface area contributed by atoms with Crippen LogP contribution in [0.25, 0.3) is 27.9 Å². The van der Waals surface area contributed by atoms with Crippen LogP contribution in [0.1, 0.15) is 157 Å². The average Bonchev–Trinajstić information content (AvgIpc) is 0.705. The fraction of sp³-hybridized carbons (Fsp3) is 0.292. The van der Waals surface area contributed by atoms with Crippen molar-refractivity contribution < 1.29 is 102 Å². The van der Waals surface area contributed by atoms with Crippen molar-refractivity contribution in [1.82, 2.24) is 0 Å². The number of hydrogen-bond acceptors (Lipinski definition) is 21. The molecule has 0 aromatic heterocycles. The molecule has 7 atom stereocenters. The second kappa shape index (κ2) is 34.8. The van der Waals surface area contributed by atoms with Crippen LogP contribution in [0.3, 0.4) is 0 Å². The molecule has 0 bridgehead atoms. The molecule has 17 rings (SSSR count). The summed E-state index contributed by atoms with van der Waals surface area (Å²) in [4.78, 5) is 102. The van der Waals surface area contributed by atoms with E-state index in [0.29, 0.717) is 85.8 Å². The maximum absolute atomic E-state index is 13.1. The molecule has 0 saturated carbocycles. The molecule has 1 unspecified atom stereocenters. The van der Waals surface area contributed by atoms with Gasteiger partial charge in [0, 0.05) is 66.1 Å². The third kappa shape index (κ3) is 15.2. The summed E-state index contributed by atoms with van der Waals surface area (Å²) in [5, 5.41) is 55.1. The highest BCUT2D eigenvalue weighted by Crippen LogP contribution is 2.63. The second-order valence-corrected chi connectivity index (χ2v) is 38.0. The molecule has 0 fully saturated rings. The van der Waals surface area contributed by atoms with Crippen LogP contribution in [-0.2, 0) is 92.5 Å². The van der Waals surface area contributed by atoms with Crippen molar-refractivity contribution in [1.29, 1.82) is 0 Å². The predicted molar refractivity (Wildman–Crippen MR) is 517 cm³/mol. The number of carbonyl (C=O) groups excluding carboxylic acids is 8. The normalized spacial score (nSPS) is 24.8. The highest BCUT2D eigenvalue weighted by molar-refractivity contribution is 6.24. The average molecular weight is 1810 g/mol. The zero-order chi connectivity index (χ0) is 98.5. The van der Waals surface area contributed by atoms with Crippen molar-refractivity contribution in [2.75, 3.05) is 56.9 Å². The Kier molecular flexibility index (Phi) is 25.2. The van der Waals surface area contributed by atoms with E-state index >= 15 is 0 Å². The summed E-state index contributed by atoms with van der Waals surface area (Å²) in [5.41, 5.74) is 7.05.